The summed E-state index contributed by atoms with van der Waals surface area (Å²) in [7, 11) is -5.65. The van der Waals surface area contributed by atoms with E-state index in [1.54, 1.807) is 17.3 Å². The number of ketones is 1. The minimum Gasteiger partial charge on any atom is -0.420 e. The Morgan fingerprint density at radius 3 is 1.62 bits per heavy atom. The van der Waals surface area contributed by atoms with E-state index in [4.69, 9.17) is 62.5 Å². The number of aromatic nitrogens is 2. The number of esters is 1. The predicted molar refractivity (Wildman–Crippen MR) is 299 cm³/mol. The number of hydroxylamine groups is 2. The van der Waals surface area contributed by atoms with Crippen molar-refractivity contribution < 1.29 is 107 Å². The molecule has 1 fully saturated rings. The Bertz CT molecular complexity index is 2770. The van der Waals surface area contributed by atoms with Gasteiger partial charge in [0, 0.05) is 61.8 Å². The molecule has 478 valence electrons. The van der Waals surface area contributed by atoms with Crippen molar-refractivity contribution in [2.45, 2.75) is 69.7 Å². The number of rotatable bonds is 44. The first kappa shape index (κ1) is 70.8. The molecule has 1 saturated heterocycles. The Morgan fingerprint density at radius 2 is 1.14 bits per heavy atom. The van der Waals surface area contributed by atoms with Crippen LogP contribution in [-0.4, -0.2) is 214 Å². The molecule has 0 saturated carbocycles. The lowest BCUT2D eigenvalue weighted by Crippen LogP contribution is -2.41. The van der Waals surface area contributed by atoms with Crippen molar-refractivity contribution in [1.29, 1.82) is 0 Å². The molecule has 3 aromatic rings. The lowest BCUT2D eigenvalue weighted by atomic mass is 10.00. The first-order valence-electron chi connectivity index (χ1n) is 28.3. The molecule has 0 spiro atoms. The molecule has 24 nitrogen and oxygen atoms in total. The molecule has 86 heavy (non-hydrogen) atoms. The van der Waals surface area contributed by atoms with Crippen LogP contribution >= 0.6 is 0 Å². The summed E-state index contributed by atoms with van der Waals surface area (Å²) in [5, 5.41) is 1.39. The van der Waals surface area contributed by atoms with Crippen LogP contribution in [0.2, 0.25) is 0 Å². The summed E-state index contributed by atoms with van der Waals surface area (Å²) in [5.41, 5.74) is 10.6. The van der Waals surface area contributed by atoms with Crippen LogP contribution in [-0.2, 0) is 76.7 Å². The quantitative estimate of drug-likeness (QED) is 0.0137. The van der Waals surface area contributed by atoms with Gasteiger partial charge in [-0.15, -0.1) is 0 Å². The van der Waals surface area contributed by atoms with Gasteiger partial charge < -0.3 is 62.7 Å². The van der Waals surface area contributed by atoms with E-state index in [-0.39, 0.29) is 69.3 Å². The summed E-state index contributed by atoms with van der Waals surface area (Å²) in [5.74, 6) is -13.3. The number of fused-ring (bicyclic) bond motifs is 1. The number of likely N-dealkylation sites (tertiary alicyclic amines) is 1. The number of halogens is 4. The van der Waals surface area contributed by atoms with Gasteiger partial charge in [0.15, 0.2) is 22.3 Å². The average molecular weight is 1240 g/mol. The Morgan fingerprint density at radius 1 is 0.651 bits per heavy atom. The van der Waals surface area contributed by atoms with Crippen LogP contribution < -0.4 is 10.5 Å². The largest absolute Gasteiger partial charge is 0.420 e. The molecule has 0 radical (unpaired) electrons. The van der Waals surface area contributed by atoms with Crippen LogP contribution in [0.4, 0.5) is 17.6 Å². The smallest absolute Gasteiger partial charge is 0.313 e. The SMILES string of the molecule is CCCN(OCC)C(=O)C1=Cc2ccc(-c3cnc(C(=O)N4CCC[C@@H]4C(=O)CCCOCCOCCOCCOCCOCCOCCOCCOCCOCCOCCC(=O)Oc4c(F)c(F)c(S(=O)(=O)O)c(F)c4F)nc3)cc2C=C(N)C1. The summed E-state index contributed by atoms with van der Waals surface area (Å²) in [4.78, 5) is 65.6. The number of allylic oxidation sites excluding steroid dienone is 1. The van der Waals surface area contributed by atoms with Crippen LogP contribution in [0, 0.1) is 23.3 Å². The normalized spacial score (nSPS) is 14.2. The number of carbonyl (C=O) groups excluding carboxylic acids is 4. The van der Waals surface area contributed by atoms with E-state index in [1.807, 2.05) is 44.2 Å². The molecule has 1 aliphatic carbocycles. The summed E-state index contributed by atoms with van der Waals surface area (Å²) in [6, 6.07) is 5.22. The van der Waals surface area contributed by atoms with Crippen molar-refractivity contribution in [2.75, 3.05) is 152 Å². The lowest BCUT2D eigenvalue weighted by molar-refractivity contribution is -0.180. The first-order valence-corrected chi connectivity index (χ1v) is 29.7. The van der Waals surface area contributed by atoms with E-state index >= 15 is 0 Å². The maximum absolute atomic E-state index is 14.0. The maximum atomic E-state index is 14.0. The highest BCUT2D eigenvalue weighted by Gasteiger charge is 2.36. The summed E-state index contributed by atoms with van der Waals surface area (Å²) in [6.07, 6.45) is 9.40. The fourth-order valence-electron chi connectivity index (χ4n) is 8.49. The van der Waals surface area contributed by atoms with Crippen LogP contribution in [0.15, 0.2) is 46.8 Å². The molecular formula is C57H77F4N5O19S. The molecule has 2 aliphatic rings. The molecular weight excluding hydrogens is 1170 g/mol. The van der Waals surface area contributed by atoms with Crippen molar-refractivity contribution in [3.05, 3.63) is 82.1 Å². The molecule has 2 aromatic carbocycles. The average Bonchev–Trinajstić information content (AvgIpc) is 1.29. The van der Waals surface area contributed by atoms with Gasteiger partial charge in [0.1, 0.15) is 0 Å². The molecule has 2 heterocycles. The molecule has 29 heteroatoms. The molecule has 0 bridgehead atoms. The zero-order chi connectivity index (χ0) is 62.1. The monoisotopic (exact) mass is 1240 g/mol. The van der Waals surface area contributed by atoms with Gasteiger partial charge >= 0.3 is 16.1 Å². The molecule has 0 unspecified atom stereocenters. The molecule has 1 aromatic heterocycles. The first-order chi connectivity index (χ1) is 41.5. The van der Waals surface area contributed by atoms with Gasteiger partial charge in [0.05, 0.1) is 145 Å². The molecule has 3 N–H and O–H groups in total. The van der Waals surface area contributed by atoms with Gasteiger partial charge in [-0.1, -0.05) is 19.1 Å². The summed E-state index contributed by atoms with van der Waals surface area (Å²) >= 11 is 0. The molecule has 1 atom stereocenters. The Kier molecular flexibility index (Phi) is 32.2. The zero-order valence-electron chi connectivity index (χ0n) is 48.4. The number of hydrogen-bond acceptors (Lipinski definition) is 21. The van der Waals surface area contributed by atoms with Crippen molar-refractivity contribution in [3.8, 4) is 16.9 Å². The van der Waals surface area contributed by atoms with E-state index in [2.05, 4.69) is 14.7 Å². The van der Waals surface area contributed by atoms with Crippen LogP contribution in [0.3, 0.4) is 0 Å². The molecule has 2 amide bonds. The van der Waals surface area contributed by atoms with Crippen molar-refractivity contribution >= 4 is 45.8 Å². The number of hydrogen-bond donors (Lipinski definition) is 2. The van der Waals surface area contributed by atoms with Gasteiger partial charge in [0.25, 0.3) is 11.8 Å². The highest BCUT2D eigenvalue weighted by molar-refractivity contribution is 7.85. The Labute approximate surface area is 497 Å². The predicted octanol–water partition coefficient (Wildman–Crippen LogP) is 5.34. The van der Waals surface area contributed by atoms with E-state index in [0.29, 0.717) is 155 Å². The standard InChI is InChI=1S/C57H77F4N5O19S/c1-3-12-66(84-4-2)56(69)43-35-40-9-10-41(34-42(40)36-45(62)37-43)44-38-63-55(64-39-44)57(70)65-13-5-7-46(65)47(67)8-6-14-74-16-18-76-20-22-78-24-26-80-28-30-82-32-33-83-31-29-81-27-25-79-23-21-77-19-17-75-15-11-48(68)85-53-49(58)51(60)54(86(71,72)73)52(61)50(53)59/h9-10,34-36,38-39,46H,3-8,11-33,37,62H2,1-2H3,(H,71,72,73)/t46-/m1/s1. The second-order valence-corrected chi connectivity index (χ2v) is 20.4. The highest BCUT2D eigenvalue weighted by atomic mass is 32.2. The van der Waals surface area contributed by atoms with Gasteiger partial charge in [-0.2, -0.15) is 17.2 Å². The fourth-order valence-corrected chi connectivity index (χ4v) is 9.12. The minimum atomic E-state index is -5.65. The number of carbonyl (C=O) groups is 4. The Hall–Kier alpha value is -5.93. The third-order valence-electron chi connectivity index (χ3n) is 12.6. The zero-order valence-corrected chi connectivity index (χ0v) is 49.2. The lowest BCUT2D eigenvalue weighted by Gasteiger charge is -2.23. The topological polar surface area (TPSA) is 292 Å². The summed E-state index contributed by atoms with van der Waals surface area (Å²) < 4.78 is 145. The number of nitrogens with zero attached hydrogens (tertiary/aromatic N) is 4. The van der Waals surface area contributed by atoms with E-state index in [9.17, 15) is 45.2 Å². The van der Waals surface area contributed by atoms with Gasteiger partial charge in [-0.05, 0) is 67.5 Å². The second-order valence-electron chi connectivity index (χ2n) is 19.0. The van der Waals surface area contributed by atoms with Crippen LogP contribution in [0.5, 0.6) is 5.75 Å². The molecule has 5 rings (SSSR count). The third-order valence-corrected chi connectivity index (χ3v) is 13.5. The Balaban J connectivity index is 0.766. The van der Waals surface area contributed by atoms with Gasteiger partial charge in [-0.3, -0.25) is 28.6 Å². The number of Topliss-reactive ketones (excluding diaryl/α,β-unsaturated/α-hetero) is 1. The van der Waals surface area contributed by atoms with Crippen molar-refractivity contribution in [2.24, 2.45) is 5.73 Å². The minimum absolute atomic E-state index is 0.0139. The third kappa shape index (κ3) is 24.0. The number of nitrogens with two attached hydrogens (primary N) is 1. The fraction of sp³-hybridized carbons (Fsp3) is 0.579. The van der Waals surface area contributed by atoms with Crippen LogP contribution in [0.25, 0.3) is 23.3 Å². The number of ether oxygens (including phenoxy) is 11. The number of amides is 2. The van der Waals surface area contributed by atoms with Gasteiger partial charge in [-0.25, -0.2) is 23.8 Å². The van der Waals surface area contributed by atoms with E-state index in [0.717, 1.165) is 23.1 Å². The van der Waals surface area contributed by atoms with Crippen molar-refractivity contribution in [1.82, 2.24) is 19.9 Å². The van der Waals surface area contributed by atoms with Crippen molar-refractivity contribution in [3.63, 3.8) is 0 Å². The second kappa shape index (κ2) is 39.1. The van der Waals surface area contributed by atoms with E-state index in [1.165, 1.54) is 5.06 Å². The van der Waals surface area contributed by atoms with Gasteiger partial charge in [0.2, 0.25) is 23.2 Å². The number of benzene rings is 2. The summed E-state index contributed by atoms with van der Waals surface area (Å²) in [6.45, 7) is 11.0. The van der Waals surface area contributed by atoms with E-state index < -0.39 is 62.5 Å². The molecule has 1 aliphatic heterocycles. The highest BCUT2D eigenvalue weighted by Crippen LogP contribution is 2.33. The maximum Gasteiger partial charge on any atom is 0.313 e. The van der Waals surface area contributed by atoms with Crippen LogP contribution in [0.1, 0.15) is 80.5 Å².